The summed E-state index contributed by atoms with van der Waals surface area (Å²) in [4.78, 5) is 11.6. The maximum absolute atomic E-state index is 11.6. The van der Waals surface area contributed by atoms with Gasteiger partial charge in [0.15, 0.2) is 0 Å². The average molecular weight is 254 g/mol. The predicted molar refractivity (Wildman–Crippen MR) is 73.3 cm³/mol. The second-order valence-corrected chi connectivity index (χ2v) is 5.18. The molecule has 0 aliphatic rings. The van der Waals surface area contributed by atoms with Crippen molar-refractivity contribution in [1.82, 2.24) is 10.6 Å². The molecule has 1 rings (SSSR count). The van der Waals surface area contributed by atoms with Crippen LogP contribution in [0.3, 0.4) is 0 Å². The molecule has 1 atom stereocenters. The molecule has 1 amide bonds. The Hall–Kier alpha value is -0.870. The summed E-state index contributed by atoms with van der Waals surface area (Å²) in [5, 5.41) is 10.4. The Morgan fingerprint density at radius 3 is 2.82 bits per heavy atom. The van der Waals surface area contributed by atoms with E-state index < -0.39 is 0 Å². The number of carbonyl (C=O) groups is 1. The first-order valence-electron chi connectivity index (χ1n) is 6.15. The van der Waals surface area contributed by atoms with Crippen molar-refractivity contribution in [2.24, 2.45) is 0 Å². The van der Waals surface area contributed by atoms with Crippen LogP contribution in [0.1, 0.15) is 37.8 Å². The summed E-state index contributed by atoms with van der Waals surface area (Å²) in [5.41, 5.74) is 2.58. The van der Waals surface area contributed by atoms with E-state index in [4.69, 9.17) is 0 Å². The van der Waals surface area contributed by atoms with Crippen molar-refractivity contribution in [3.8, 4) is 0 Å². The summed E-state index contributed by atoms with van der Waals surface area (Å²) < 4.78 is 0. The zero-order valence-electron chi connectivity index (χ0n) is 10.9. The van der Waals surface area contributed by atoms with Gasteiger partial charge < -0.3 is 10.6 Å². The number of carbonyl (C=O) groups excluding carboxylic acids is 1. The normalized spacial score (nSPS) is 12.4. The Kier molecular flexibility index (Phi) is 6.22. The third kappa shape index (κ3) is 5.33. The fraction of sp³-hybridized carbons (Fsp3) is 0.615. The minimum atomic E-state index is 0.0823. The van der Waals surface area contributed by atoms with Crippen LogP contribution >= 0.6 is 11.3 Å². The molecule has 1 aromatic rings. The van der Waals surface area contributed by atoms with Gasteiger partial charge in [0.05, 0.1) is 6.54 Å². The number of nitrogens with one attached hydrogen (secondary N) is 2. The summed E-state index contributed by atoms with van der Waals surface area (Å²) in [6.07, 6.45) is 2.14. The Bertz CT molecular complexity index is 349. The van der Waals surface area contributed by atoms with Crippen LogP contribution in [0.4, 0.5) is 0 Å². The summed E-state index contributed by atoms with van der Waals surface area (Å²) >= 11 is 1.70. The van der Waals surface area contributed by atoms with Crippen LogP contribution in [0.25, 0.3) is 0 Å². The van der Waals surface area contributed by atoms with Crippen molar-refractivity contribution >= 4 is 17.2 Å². The van der Waals surface area contributed by atoms with Crippen LogP contribution in [0.15, 0.2) is 10.8 Å². The molecule has 96 valence electrons. The molecule has 0 bridgehead atoms. The smallest absolute Gasteiger partial charge is 0.234 e. The van der Waals surface area contributed by atoms with Crippen molar-refractivity contribution in [3.63, 3.8) is 0 Å². The summed E-state index contributed by atoms with van der Waals surface area (Å²) in [5.74, 6) is 0.0823. The molecule has 0 saturated carbocycles. The van der Waals surface area contributed by atoms with E-state index in [1.165, 1.54) is 11.1 Å². The Balaban J connectivity index is 2.18. The fourth-order valence-corrected chi connectivity index (χ4v) is 2.57. The van der Waals surface area contributed by atoms with Gasteiger partial charge in [-0.25, -0.2) is 0 Å². The second kappa shape index (κ2) is 7.45. The quantitative estimate of drug-likeness (QED) is 0.785. The molecule has 0 aromatic carbocycles. The van der Waals surface area contributed by atoms with E-state index in [9.17, 15) is 4.79 Å². The third-order valence-electron chi connectivity index (χ3n) is 2.69. The Morgan fingerprint density at radius 2 is 2.24 bits per heavy atom. The van der Waals surface area contributed by atoms with Crippen LogP contribution < -0.4 is 10.6 Å². The third-order valence-corrected chi connectivity index (χ3v) is 3.60. The van der Waals surface area contributed by atoms with Gasteiger partial charge in [0.1, 0.15) is 0 Å². The molecule has 0 aliphatic carbocycles. The Labute approximate surface area is 108 Å². The number of thiophene rings is 1. The van der Waals surface area contributed by atoms with Gasteiger partial charge in [-0.3, -0.25) is 4.79 Å². The van der Waals surface area contributed by atoms with Gasteiger partial charge in [-0.2, -0.15) is 11.3 Å². The lowest BCUT2D eigenvalue weighted by Crippen LogP contribution is -2.38. The monoisotopic (exact) mass is 254 g/mol. The molecule has 0 radical (unpaired) electrons. The van der Waals surface area contributed by atoms with E-state index in [0.29, 0.717) is 6.54 Å². The summed E-state index contributed by atoms with van der Waals surface area (Å²) in [6, 6.07) is 0.275. The van der Waals surface area contributed by atoms with Crippen molar-refractivity contribution in [2.75, 3.05) is 6.54 Å². The van der Waals surface area contributed by atoms with Gasteiger partial charge in [0.2, 0.25) is 5.91 Å². The average Bonchev–Trinajstić information content (AvgIpc) is 2.64. The molecule has 4 heteroatoms. The minimum Gasteiger partial charge on any atom is -0.353 e. The van der Waals surface area contributed by atoms with E-state index in [1.54, 1.807) is 11.3 Å². The highest BCUT2D eigenvalue weighted by Gasteiger charge is 2.06. The van der Waals surface area contributed by atoms with E-state index in [0.717, 1.165) is 19.4 Å². The summed E-state index contributed by atoms with van der Waals surface area (Å²) in [6.45, 7) is 7.43. The molecular weight excluding hydrogens is 232 g/mol. The van der Waals surface area contributed by atoms with Crippen molar-refractivity contribution < 1.29 is 4.79 Å². The first-order chi connectivity index (χ1) is 8.13. The molecule has 17 heavy (non-hydrogen) atoms. The molecule has 1 aromatic heterocycles. The van der Waals surface area contributed by atoms with Crippen molar-refractivity contribution in [1.29, 1.82) is 0 Å². The molecule has 1 heterocycles. The molecule has 1 unspecified atom stereocenters. The van der Waals surface area contributed by atoms with Crippen LogP contribution in [0.2, 0.25) is 0 Å². The van der Waals surface area contributed by atoms with Crippen LogP contribution in [0.5, 0.6) is 0 Å². The molecule has 2 N–H and O–H groups in total. The molecular formula is C13H22N2OS. The lowest BCUT2D eigenvalue weighted by molar-refractivity contribution is -0.120. The predicted octanol–water partition coefficient (Wildman–Crippen LogP) is 2.45. The highest BCUT2D eigenvalue weighted by Crippen LogP contribution is 2.12. The van der Waals surface area contributed by atoms with Gasteiger partial charge in [-0.1, -0.05) is 13.3 Å². The number of hydrogen-bond donors (Lipinski definition) is 2. The van der Waals surface area contributed by atoms with Gasteiger partial charge in [-0.15, -0.1) is 0 Å². The molecule has 0 saturated heterocycles. The van der Waals surface area contributed by atoms with Crippen LogP contribution in [0, 0.1) is 6.92 Å². The van der Waals surface area contributed by atoms with Crippen LogP contribution in [-0.2, 0) is 11.3 Å². The minimum absolute atomic E-state index is 0.0823. The van der Waals surface area contributed by atoms with E-state index in [-0.39, 0.29) is 11.9 Å². The first-order valence-corrected chi connectivity index (χ1v) is 7.09. The molecule has 0 fully saturated rings. The van der Waals surface area contributed by atoms with Crippen molar-refractivity contribution in [3.05, 3.63) is 21.9 Å². The zero-order chi connectivity index (χ0) is 12.7. The highest BCUT2D eigenvalue weighted by molar-refractivity contribution is 7.08. The van der Waals surface area contributed by atoms with Crippen LogP contribution in [-0.4, -0.2) is 18.5 Å². The van der Waals surface area contributed by atoms with E-state index >= 15 is 0 Å². The molecule has 0 aliphatic heterocycles. The molecule has 3 nitrogen and oxygen atoms in total. The van der Waals surface area contributed by atoms with E-state index in [2.05, 4.69) is 35.2 Å². The standard InChI is InChI=1S/C13H22N2OS/c1-4-5-11(3)15-13(16)7-14-6-12-9-17-8-10(12)2/h8-9,11,14H,4-7H2,1-3H3,(H,15,16). The largest absolute Gasteiger partial charge is 0.353 e. The zero-order valence-corrected chi connectivity index (χ0v) is 11.7. The SMILES string of the molecule is CCCC(C)NC(=O)CNCc1cscc1C. The van der Waals surface area contributed by atoms with E-state index in [1.807, 2.05) is 6.92 Å². The number of aryl methyl sites for hydroxylation is 1. The van der Waals surface area contributed by atoms with Crippen molar-refractivity contribution in [2.45, 2.75) is 46.2 Å². The van der Waals surface area contributed by atoms with Gasteiger partial charge in [0.25, 0.3) is 0 Å². The number of hydrogen-bond acceptors (Lipinski definition) is 3. The maximum Gasteiger partial charge on any atom is 0.234 e. The topological polar surface area (TPSA) is 41.1 Å². The lowest BCUT2D eigenvalue weighted by Gasteiger charge is -2.13. The molecule has 0 spiro atoms. The highest BCUT2D eigenvalue weighted by atomic mass is 32.1. The van der Waals surface area contributed by atoms with Gasteiger partial charge in [-0.05, 0) is 42.2 Å². The lowest BCUT2D eigenvalue weighted by atomic mass is 10.2. The first kappa shape index (κ1) is 14.2. The van der Waals surface area contributed by atoms with Gasteiger partial charge >= 0.3 is 0 Å². The maximum atomic E-state index is 11.6. The summed E-state index contributed by atoms with van der Waals surface area (Å²) in [7, 11) is 0. The number of rotatable bonds is 7. The van der Waals surface area contributed by atoms with Gasteiger partial charge in [0, 0.05) is 12.6 Å². The number of amides is 1. The Morgan fingerprint density at radius 1 is 1.47 bits per heavy atom. The second-order valence-electron chi connectivity index (χ2n) is 4.44. The fourth-order valence-electron chi connectivity index (χ4n) is 1.71.